The molecule has 0 bridgehead atoms. The first-order valence-corrected chi connectivity index (χ1v) is 15.2. The predicted octanol–water partition coefficient (Wildman–Crippen LogP) is -10.3. The van der Waals surface area contributed by atoms with Gasteiger partial charge in [0.25, 0.3) is 7.82 Å². The number of carbonyl (C=O) groups excluding carboxylic acids is 1. The summed E-state index contributed by atoms with van der Waals surface area (Å²) in [5.41, 5.74) is 0.639. The maximum atomic E-state index is 11.5. The number of nitrogens with zero attached hydrogens (tertiary/aromatic N) is 4. The van der Waals surface area contributed by atoms with Gasteiger partial charge in [-0.3, -0.25) is 18.2 Å². The molecule has 0 radical (unpaired) electrons. The predicted molar refractivity (Wildman–Crippen MR) is 128 cm³/mol. The van der Waals surface area contributed by atoms with Crippen LogP contribution in [0, 0.1) is 0 Å². The summed E-state index contributed by atoms with van der Waals surface area (Å²) in [6, 6.07) is 0. The van der Waals surface area contributed by atoms with Gasteiger partial charge in [0.15, 0.2) is 23.2 Å². The minimum atomic E-state index is -5.88. The van der Waals surface area contributed by atoms with Gasteiger partial charge < -0.3 is 49.4 Å². The van der Waals surface area contributed by atoms with Gasteiger partial charge in [-0.15, -0.1) is 0 Å². The molecule has 3 rings (SSSR count). The van der Waals surface area contributed by atoms with E-state index in [1.165, 1.54) is 24.1 Å². The number of carbonyl (C=O) groups is 1. The van der Waals surface area contributed by atoms with Gasteiger partial charge in [0.1, 0.15) is 24.6 Å². The van der Waals surface area contributed by atoms with Gasteiger partial charge in [0, 0.05) is 20.0 Å². The molecule has 1 saturated heterocycles. The number of hydrogen-bond acceptors (Lipinski definition) is 15. The molecule has 17 nitrogen and oxygen atoms in total. The molecule has 22 heteroatoms. The van der Waals surface area contributed by atoms with Crippen molar-refractivity contribution < 1.29 is 141 Å². The molecule has 2 aromatic heterocycles. The Morgan fingerprint density at radius 2 is 1.62 bits per heavy atom. The number of rotatable bonds is 16. The van der Waals surface area contributed by atoms with E-state index < -0.39 is 46.8 Å². The molecule has 1 fully saturated rings. The Kier molecular flexibility index (Phi) is 20.7. The van der Waals surface area contributed by atoms with Gasteiger partial charge in [-0.1, -0.05) is 25.7 Å². The number of phosphoric ester groups is 1. The molecule has 5 unspecified atom stereocenters. The first kappa shape index (κ1) is 43.0. The number of aliphatic hydroxyl groups excluding tert-OH is 2. The van der Waals surface area contributed by atoms with Gasteiger partial charge in [-0.2, -0.15) is 0 Å². The minimum absolute atomic E-state index is 0. The average molecular weight is 662 g/mol. The van der Waals surface area contributed by atoms with Crippen molar-refractivity contribution in [3.8, 4) is 0 Å². The van der Waals surface area contributed by atoms with Crippen LogP contribution in [-0.2, 0) is 27.5 Å². The number of imidazole rings is 1. The van der Waals surface area contributed by atoms with E-state index in [1.807, 2.05) is 0 Å². The SMILES string of the molecule is CC(=O)NCCCCCCCCNc1ncnc2c1ncn2C1OC(COP(=O)([O-])OP(=O)([O-])[O-])C(O)C1O.[Na+].[Na+].[Na+]. The Morgan fingerprint density at radius 3 is 2.24 bits per heavy atom. The molecule has 0 aliphatic carbocycles. The van der Waals surface area contributed by atoms with E-state index >= 15 is 0 Å². The first-order chi connectivity index (χ1) is 18.4. The summed E-state index contributed by atoms with van der Waals surface area (Å²) in [5, 5.41) is 26.7. The molecule has 0 spiro atoms. The van der Waals surface area contributed by atoms with Crippen LogP contribution >= 0.6 is 15.6 Å². The van der Waals surface area contributed by atoms with E-state index in [9.17, 15) is 38.8 Å². The van der Waals surface area contributed by atoms with E-state index in [-0.39, 0.29) is 100 Å². The normalized spacial score (nSPS) is 21.5. The fourth-order valence-corrected chi connectivity index (χ4v) is 5.50. The molecule has 5 atom stereocenters. The van der Waals surface area contributed by atoms with E-state index in [0.717, 1.165) is 38.5 Å². The summed E-state index contributed by atoms with van der Waals surface area (Å²) < 4.78 is 36.6. The van der Waals surface area contributed by atoms with Crippen LogP contribution in [0.2, 0.25) is 0 Å². The molecule has 0 saturated carbocycles. The molecule has 1 amide bonds. The molecule has 0 aromatic carbocycles. The van der Waals surface area contributed by atoms with Crippen LogP contribution in [0.5, 0.6) is 0 Å². The van der Waals surface area contributed by atoms with E-state index in [0.29, 0.717) is 24.4 Å². The Hall–Kier alpha value is 0.960. The van der Waals surface area contributed by atoms with Crippen molar-refractivity contribution in [1.29, 1.82) is 0 Å². The van der Waals surface area contributed by atoms with E-state index in [2.05, 4.69) is 34.4 Å². The smallest absolute Gasteiger partial charge is 0.790 e. The third kappa shape index (κ3) is 13.8. The average Bonchev–Trinajstić information content (AvgIpc) is 3.39. The number of hydrogen-bond donors (Lipinski definition) is 4. The number of anilines is 1. The Balaban J connectivity index is 0.00000560. The van der Waals surface area contributed by atoms with Crippen molar-refractivity contribution in [2.75, 3.05) is 25.0 Å². The van der Waals surface area contributed by atoms with Gasteiger partial charge >= 0.3 is 88.7 Å². The van der Waals surface area contributed by atoms with Gasteiger partial charge in [0.05, 0.1) is 20.8 Å². The van der Waals surface area contributed by atoms with E-state index in [1.54, 1.807) is 0 Å². The van der Waals surface area contributed by atoms with E-state index in [4.69, 9.17) is 4.74 Å². The van der Waals surface area contributed by atoms with Crippen LogP contribution in [0.15, 0.2) is 12.7 Å². The molecule has 4 N–H and O–H groups in total. The monoisotopic (exact) mass is 662 g/mol. The van der Waals surface area contributed by atoms with Crippen LogP contribution in [0.1, 0.15) is 51.7 Å². The Bertz CT molecular complexity index is 1210. The molecule has 1 aliphatic heterocycles. The van der Waals surface area contributed by atoms with Crippen LogP contribution < -0.4 is 114 Å². The minimum Gasteiger partial charge on any atom is -0.790 e. The maximum Gasteiger partial charge on any atom is 1.00 e. The fraction of sp³-hybridized carbons (Fsp3) is 0.700. The molecule has 220 valence electrons. The van der Waals surface area contributed by atoms with Gasteiger partial charge in [-0.25, -0.2) is 15.0 Å². The summed E-state index contributed by atoms with van der Waals surface area (Å²) in [6.45, 7) is 1.88. The van der Waals surface area contributed by atoms with Crippen molar-refractivity contribution in [2.24, 2.45) is 0 Å². The van der Waals surface area contributed by atoms with Crippen molar-refractivity contribution in [3.63, 3.8) is 0 Å². The number of ether oxygens (including phenoxy) is 1. The third-order valence-corrected chi connectivity index (χ3v) is 7.90. The summed E-state index contributed by atoms with van der Waals surface area (Å²) in [4.78, 5) is 56.0. The largest absolute Gasteiger partial charge is 1.00 e. The standard InChI is InChI=1S/C20H34N6O11P2.3Na/c1-13(27)21-8-6-4-2-3-5-7-9-22-18-15-19(24-11-23-18)26(12-25-15)20-17(29)16(28)14(36-20)10-35-39(33,34)37-38(30,31)32;;;/h11-12,14,16-17,20,28-29H,2-10H2,1H3,(H,21,27)(H,33,34)(H,22,23,24)(H2,30,31,32);;;/q;3*+1/p-3. The quantitative estimate of drug-likeness (QED) is 0.0739. The summed E-state index contributed by atoms with van der Waals surface area (Å²) in [5.74, 6) is 0.428. The molecule has 2 aromatic rings. The van der Waals surface area contributed by atoms with Crippen LogP contribution in [0.4, 0.5) is 5.82 Å². The Labute approximate surface area is 309 Å². The van der Waals surface area contributed by atoms with Gasteiger partial charge in [0.2, 0.25) is 5.91 Å². The summed E-state index contributed by atoms with van der Waals surface area (Å²) >= 11 is 0. The zero-order valence-corrected chi connectivity index (χ0v) is 31.9. The number of phosphoric acid groups is 2. The summed E-state index contributed by atoms with van der Waals surface area (Å²) in [6.07, 6.45) is 2.74. The Morgan fingerprint density at radius 1 is 1.00 bits per heavy atom. The second-order valence-corrected chi connectivity index (χ2v) is 11.6. The topological polar surface area (TPSA) is 256 Å². The number of nitrogens with one attached hydrogen (secondary N) is 2. The molecule has 1 aliphatic rings. The first-order valence-electron chi connectivity index (χ1n) is 12.2. The zero-order chi connectivity index (χ0) is 28.6. The van der Waals surface area contributed by atoms with Crippen LogP contribution in [0.3, 0.4) is 0 Å². The second kappa shape index (κ2) is 20.3. The molecule has 42 heavy (non-hydrogen) atoms. The molecular weight excluding hydrogens is 631 g/mol. The number of fused-ring (bicyclic) bond motifs is 1. The van der Waals surface area contributed by atoms with Crippen LogP contribution in [-0.4, -0.2) is 73.6 Å². The molecule has 3 heterocycles. The number of unbranched alkanes of at least 4 members (excludes halogenated alkanes) is 5. The number of aromatic nitrogens is 4. The number of aliphatic hydroxyl groups is 2. The third-order valence-electron chi connectivity index (χ3n) is 5.84. The van der Waals surface area contributed by atoms with Crippen molar-refractivity contribution >= 4 is 38.5 Å². The second-order valence-electron chi connectivity index (χ2n) is 8.90. The van der Waals surface area contributed by atoms with Crippen molar-refractivity contribution in [2.45, 2.75) is 70.0 Å². The zero-order valence-electron chi connectivity index (χ0n) is 24.1. The maximum absolute atomic E-state index is 11.5. The van der Waals surface area contributed by atoms with Crippen molar-refractivity contribution in [1.82, 2.24) is 24.8 Å². The summed E-state index contributed by atoms with van der Waals surface area (Å²) in [7, 11) is -11.4. The number of amides is 1. The fourth-order valence-electron chi connectivity index (χ4n) is 4.00. The van der Waals surface area contributed by atoms with Gasteiger partial charge in [-0.05, 0) is 12.8 Å². The van der Waals surface area contributed by atoms with Crippen molar-refractivity contribution in [3.05, 3.63) is 12.7 Å². The molecular formula is C20H31N6Na3O11P2. The van der Waals surface area contributed by atoms with Crippen LogP contribution in [0.25, 0.3) is 11.2 Å².